The number of hydrogen-bond acceptors (Lipinski definition) is 4. The van der Waals surface area contributed by atoms with E-state index in [0.29, 0.717) is 6.42 Å². The number of amides is 1. The van der Waals surface area contributed by atoms with Crippen LogP contribution in [0.3, 0.4) is 0 Å². The van der Waals surface area contributed by atoms with Crippen LogP contribution >= 0.6 is 0 Å². The molecule has 0 saturated carbocycles. The topological polar surface area (TPSA) is 65.4 Å². The van der Waals surface area contributed by atoms with Crippen LogP contribution in [0, 0.1) is 5.41 Å². The molecule has 2 N–H and O–H groups in total. The molecule has 1 aromatic carbocycles. The zero-order valence-electron chi connectivity index (χ0n) is 14.1. The van der Waals surface area contributed by atoms with Crippen LogP contribution in [-0.2, 0) is 4.74 Å². The molecule has 1 aromatic rings. The lowest BCUT2D eigenvalue weighted by atomic mass is 9.96. The quantitative estimate of drug-likeness (QED) is 0.633. The number of hydrazine groups is 1. The number of ether oxygens (including phenoxy) is 1. The van der Waals surface area contributed by atoms with Gasteiger partial charge in [-0.3, -0.25) is 10.8 Å². The third-order valence-electron chi connectivity index (χ3n) is 4.24. The third kappa shape index (κ3) is 4.47. The van der Waals surface area contributed by atoms with Gasteiger partial charge in [0, 0.05) is 0 Å². The summed E-state index contributed by atoms with van der Waals surface area (Å²) in [6.07, 6.45) is 7.24. The molecule has 1 saturated heterocycles. The second-order valence-electron chi connectivity index (χ2n) is 6.28. The van der Waals surface area contributed by atoms with E-state index >= 15 is 0 Å². The summed E-state index contributed by atoms with van der Waals surface area (Å²) in [6.45, 7) is 4.03. The number of cyclic esters (lactones) is 1. The van der Waals surface area contributed by atoms with Crippen molar-refractivity contribution in [2.45, 2.75) is 64.4 Å². The van der Waals surface area contributed by atoms with Gasteiger partial charge in [0.2, 0.25) is 0 Å². The monoisotopic (exact) mass is 317 g/mol. The van der Waals surface area contributed by atoms with Crippen molar-refractivity contribution in [1.82, 2.24) is 5.01 Å². The number of carbonyl (C=O) groups is 1. The number of para-hydroxylation sites is 1. The summed E-state index contributed by atoms with van der Waals surface area (Å²) in [6, 6.07) is 9.36. The Hall–Kier alpha value is -2.04. The average Bonchev–Trinajstić information content (AvgIpc) is 2.75. The van der Waals surface area contributed by atoms with Crippen LogP contribution in [0.5, 0.6) is 0 Å². The smallest absolute Gasteiger partial charge is 0.433 e. The first-order valence-electron chi connectivity index (χ1n) is 8.50. The Morgan fingerprint density at radius 2 is 1.78 bits per heavy atom. The summed E-state index contributed by atoms with van der Waals surface area (Å²) < 4.78 is 5.47. The van der Waals surface area contributed by atoms with E-state index in [1.54, 1.807) is 0 Å². The highest BCUT2D eigenvalue weighted by Gasteiger charge is 2.47. The number of nitrogens with zero attached hydrogens (tertiary/aromatic N) is 1. The van der Waals surface area contributed by atoms with Gasteiger partial charge in [-0.1, -0.05) is 57.2 Å². The highest BCUT2D eigenvalue weighted by Crippen LogP contribution is 2.30. The fraction of sp³-hybridized carbons (Fsp3) is 0.556. The lowest BCUT2D eigenvalue weighted by Crippen LogP contribution is -2.40. The van der Waals surface area contributed by atoms with Gasteiger partial charge in [0.15, 0.2) is 11.4 Å². The fourth-order valence-corrected chi connectivity index (χ4v) is 2.77. The molecular formula is C18H27N3O2. The van der Waals surface area contributed by atoms with Crippen molar-refractivity contribution in [2.24, 2.45) is 0 Å². The molecule has 5 heteroatoms. The maximum absolute atomic E-state index is 12.1. The second kappa shape index (κ2) is 7.99. The van der Waals surface area contributed by atoms with Crippen LogP contribution in [0.2, 0.25) is 0 Å². The molecule has 1 atom stereocenters. The van der Waals surface area contributed by atoms with Crippen molar-refractivity contribution < 1.29 is 9.53 Å². The van der Waals surface area contributed by atoms with Crippen LogP contribution < -0.4 is 5.43 Å². The molecule has 1 amide bonds. The average molecular weight is 317 g/mol. The number of hydrogen-bond donors (Lipinski definition) is 2. The summed E-state index contributed by atoms with van der Waals surface area (Å²) in [7, 11) is 0. The fourth-order valence-electron chi connectivity index (χ4n) is 2.77. The predicted octanol–water partition coefficient (Wildman–Crippen LogP) is 4.95. The number of nitrogens with one attached hydrogen (secondary N) is 2. The lowest BCUT2D eigenvalue weighted by molar-refractivity contribution is 0.0829. The van der Waals surface area contributed by atoms with Gasteiger partial charge in [-0.2, -0.15) is 5.01 Å². The minimum absolute atomic E-state index is 0.180. The van der Waals surface area contributed by atoms with Crippen LogP contribution in [-0.4, -0.2) is 22.5 Å². The Balaban J connectivity index is 1.86. The van der Waals surface area contributed by atoms with Gasteiger partial charge in [0.25, 0.3) is 0 Å². The van der Waals surface area contributed by atoms with E-state index in [9.17, 15) is 4.79 Å². The first-order valence-corrected chi connectivity index (χ1v) is 8.50. The number of carbonyl (C=O) groups excluding carboxylic acids is 1. The summed E-state index contributed by atoms with van der Waals surface area (Å²) >= 11 is 0. The Kier molecular flexibility index (Phi) is 6.02. The molecule has 5 nitrogen and oxygen atoms in total. The zero-order chi connectivity index (χ0) is 16.7. The first-order chi connectivity index (χ1) is 11.1. The van der Waals surface area contributed by atoms with Crippen molar-refractivity contribution in [3.8, 4) is 0 Å². The van der Waals surface area contributed by atoms with Crippen molar-refractivity contribution >= 4 is 17.6 Å². The van der Waals surface area contributed by atoms with Gasteiger partial charge in [-0.25, -0.2) is 4.79 Å². The molecule has 1 aliphatic rings. The third-order valence-corrected chi connectivity index (χ3v) is 4.24. The molecule has 1 aliphatic heterocycles. The number of amidine groups is 1. The number of rotatable bonds is 9. The second-order valence-corrected chi connectivity index (χ2v) is 6.28. The van der Waals surface area contributed by atoms with Crippen molar-refractivity contribution in [3.63, 3.8) is 0 Å². The lowest BCUT2D eigenvalue weighted by Gasteiger charge is -2.22. The Labute approximate surface area is 138 Å². The highest BCUT2D eigenvalue weighted by atomic mass is 16.6. The standard InChI is InChI=1S/C18H27N3O2/c1-3-4-5-6-7-11-14-18(2)16(19)21(17(22)23-18)20-15-12-9-8-10-13-15/h8-10,12-13,19-20H,3-7,11,14H2,1-2H3. The zero-order valence-corrected chi connectivity index (χ0v) is 14.1. The molecule has 126 valence electrons. The molecule has 0 bridgehead atoms. The van der Waals surface area contributed by atoms with E-state index in [2.05, 4.69) is 12.3 Å². The molecule has 2 rings (SSSR count). The maximum atomic E-state index is 12.1. The summed E-state index contributed by atoms with van der Waals surface area (Å²) in [5.74, 6) is 0.180. The molecule has 0 aliphatic carbocycles. The van der Waals surface area contributed by atoms with E-state index in [1.807, 2.05) is 37.3 Å². The normalized spacial score (nSPS) is 20.7. The van der Waals surface area contributed by atoms with E-state index in [4.69, 9.17) is 10.1 Å². The SMILES string of the molecule is CCCCCCCCC1(C)OC(=O)N(Nc2ccccc2)C1=N. The van der Waals surface area contributed by atoms with Gasteiger partial charge in [0.1, 0.15) is 0 Å². The van der Waals surface area contributed by atoms with Crippen molar-refractivity contribution in [3.05, 3.63) is 30.3 Å². The number of benzene rings is 1. The molecule has 0 aromatic heterocycles. The van der Waals surface area contributed by atoms with E-state index in [0.717, 1.165) is 18.5 Å². The van der Waals surface area contributed by atoms with Crippen LogP contribution in [0.25, 0.3) is 0 Å². The highest BCUT2D eigenvalue weighted by molar-refractivity contribution is 6.05. The summed E-state index contributed by atoms with van der Waals surface area (Å²) in [5.41, 5.74) is 2.88. The van der Waals surface area contributed by atoms with Crippen molar-refractivity contribution in [2.75, 3.05) is 5.43 Å². The Morgan fingerprint density at radius 3 is 2.48 bits per heavy atom. The number of unbranched alkanes of at least 4 members (excludes halogenated alkanes) is 5. The van der Waals surface area contributed by atoms with Gasteiger partial charge >= 0.3 is 6.09 Å². The van der Waals surface area contributed by atoms with E-state index < -0.39 is 11.7 Å². The Morgan fingerprint density at radius 1 is 1.13 bits per heavy atom. The van der Waals surface area contributed by atoms with Crippen LogP contribution in [0.15, 0.2) is 30.3 Å². The Bertz CT molecular complexity index is 532. The largest absolute Gasteiger partial charge is 0.435 e. The molecule has 1 heterocycles. The van der Waals surface area contributed by atoms with Crippen molar-refractivity contribution in [1.29, 1.82) is 5.41 Å². The van der Waals surface area contributed by atoms with Crippen LogP contribution in [0.4, 0.5) is 10.5 Å². The van der Waals surface area contributed by atoms with Crippen LogP contribution in [0.1, 0.15) is 58.8 Å². The van der Waals surface area contributed by atoms with Gasteiger partial charge in [-0.15, -0.1) is 0 Å². The summed E-state index contributed by atoms with van der Waals surface area (Å²) in [5, 5.41) is 9.50. The van der Waals surface area contributed by atoms with Gasteiger partial charge < -0.3 is 4.74 Å². The molecule has 23 heavy (non-hydrogen) atoms. The molecule has 0 radical (unpaired) electrons. The minimum atomic E-state index is -0.830. The molecule has 1 unspecified atom stereocenters. The van der Waals surface area contributed by atoms with Gasteiger partial charge in [0.05, 0.1) is 5.69 Å². The maximum Gasteiger partial charge on any atom is 0.435 e. The predicted molar refractivity (Wildman–Crippen MR) is 92.5 cm³/mol. The number of anilines is 1. The summed E-state index contributed by atoms with van der Waals surface area (Å²) in [4.78, 5) is 12.1. The molecule has 1 fully saturated rings. The molecular weight excluding hydrogens is 290 g/mol. The minimum Gasteiger partial charge on any atom is -0.433 e. The van der Waals surface area contributed by atoms with E-state index in [-0.39, 0.29) is 5.84 Å². The molecule has 0 spiro atoms. The first kappa shape index (κ1) is 17.3. The van der Waals surface area contributed by atoms with Gasteiger partial charge in [-0.05, 0) is 31.9 Å². The van der Waals surface area contributed by atoms with E-state index in [1.165, 1.54) is 30.7 Å².